The number of hydrogen-bond acceptors (Lipinski definition) is 7. The van der Waals surface area contributed by atoms with E-state index >= 15 is 0 Å². The van der Waals surface area contributed by atoms with Crippen molar-refractivity contribution in [2.45, 2.75) is 26.4 Å². The van der Waals surface area contributed by atoms with Gasteiger partial charge in [0.05, 0.1) is 22.5 Å². The minimum absolute atomic E-state index is 0.0710. The van der Waals surface area contributed by atoms with E-state index in [0.717, 1.165) is 75.8 Å². The molecule has 0 unspecified atom stereocenters. The van der Waals surface area contributed by atoms with Gasteiger partial charge in [-0.1, -0.05) is 6.07 Å². The molecule has 2 saturated heterocycles. The number of aromatic nitrogens is 2. The third-order valence-corrected chi connectivity index (χ3v) is 6.93. The van der Waals surface area contributed by atoms with Crippen LogP contribution in [0.2, 0.25) is 0 Å². The third-order valence-electron chi connectivity index (χ3n) is 6.93. The lowest BCUT2D eigenvalue weighted by molar-refractivity contribution is 0.0595. The Labute approximate surface area is 198 Å². The smallest absolute Gasteiger partial charge is 0.406 e. The maximum Gasteiger partial charge on any atom is 0.417 e. The number of benzene rings is 1. The predicted molar refractivity (Wildman–Crippen MR) is 131 cm³/mol. The Hall–Kier alpha value is -3.17. The summed E-state index contributed by atoms with van der Waals surface area (Å²) in [6, 6.07) is 10.2. The maximum atomic E-state index is 12.9. The Bertz CT molecular complexity index is 1190. The van der Waals surface area contributed by atoms with Crippen LogP contribution in [0.15, 0.2) is 45.7 Å². The first kappa shape index (κ1) is 22.6. The second kappa shape index (κ2) is 9.60. The van der Waals surface area contributed by atoms with Gasteiger partial charge in [0.15, 0.2) is 5.58 Å². The highest BCUT2D eigenvalue weighted by Crippen LogP contribution is 2.26. The van der Waals surface area contributed by atoms with Crippen LogP contribution < -0.4 is 10.7 Å². The van der Waals surface area contributed by atoms with Gasteiger partial charge in [0, 0.05) is 71.1 Å². The molecular weight excluding hydrogens is 432 g/mol. The van der Waals surface area contributed by atoms with Crippen LogP contribution in [0.4, 0.5) is 5.69 Å². The number of carbonyl (C=O) groups is 1. The highest BCUT2D eigenvalue weighted by atomic mass is 16.4. The fourth-order valence-corrected chi connectivity index (χ4v) is 4.85. The number of pyridine rings is 1. The molecule has 180 valence electrons. The highest BCUT2D eigenvalue weighted by molar-refractivity contribution is 5.94. The molecule has 34 heavy (non-hydrogen) atoms. The fraction of sp³-hybridized carbons (Fsp3) is 0.480. The van der Waals surface area contributed by atoms with Crippen LogP contribution in [0, 0.1) is 0 Å². The number of nitrogens with zero attached hydrogens (tertiary/aromatic N) is 5. The Morgan fingerprint density at radius 1 is 1.03 bits per heavy atom. The van der Waals surface area contributed by atoms with Crippen molar-refractivity contribution < 1.29 is 9.21 Å². The average molecular weight is 465 g/mol. The van der Waals surface area contributed by atoms with Gasteiger partial charge in [0.2, 0.25) is 0 Å². The molecule has 4 heterocycles. The quantitative estimate of drug-likeness (QED) is 0.618. The molecule has 1 N–H and O–H groups in total. The van der Waals surface area contributed by atoms with Gasteiger partial charge in [0.1, 0.15) is 0 Å². The molecule has 0 aliphatic carbocycles. The van der Waals surface area contributed by atoms with E-state index in [-0.39, 0.29) is 5.91 Å². The summed E-state index contributed by atoms with van der Waals surface area (Å²) in [6.45, 7) is 12.0. The fourth-order valence-electron chi connectivity index (χ4n) is 4.85. The van der Waals surface area contributed by atoms with Crippen molar-refractivity contribution >= 4 is 22.7 Å². The molecule has 1 aromatic carbocycles. The van der Waals surface area contributed by atoms with Crippen LogP contribution in [0.5, 0.6) is 0 Å². The lowest BCUT2D eigenvalue weighted by Gasteiger charge is -2.37. The number of rotatable bonds is 5. The number of amides is 1. The topological polar surface area (TPSA) is 88.9 Å². The van der Waals surface area contributed by atoms with Crippen molar-refractivity contribution in [3.05, 3.63) is 58.3 Å². The van der Waals surface area contributed by atoms with Gasteiger partial charge >= 0.3 is 5.76 Å². The molecule has 5 rings (SSSR count). The number of aromatic amines is 1. The zero-order chi connectivity index (χ0) is 23.7. The second-order valence-electron chi connectivity index (χ2n) is 9.39. The first-order valence-electron chi connectivity index (χ1n) is 12.1. The monoisotopic (exact) mass is 464 g/mol. The van der Waals surface area contributed by atoms with Crippen molar-refractivity contribution in [3.63, 3.8) is 0 Å². The minimum atomic E-state index is -0.424. The van der Waals surface area contributed by atoms with E-state index in [1.807, 2.05) is 35.2 Å². The molecule has 0 spiro atoms. The van der Waals surface area contributed by atoms with Crippen LogP contribution in [0.25, 0.3) is 11.1 Å². The predicted octanol–water partition coefficient (Wildman–Crippen LogP) is 2.00. The number of oxazole rings is 1. The van der Waals surface area contributed by atoms with Gasteiger partial charge in [-0.15, -0.1) is 0 Å². The van der Waals surface area contributed by atoms with Gasteiger partial charge in [-0.05, 0) is 38.1 Å². The second-order valence-corrected chi connectivity index (χ2v) is 9.39. The third kappa shape index (κ3) is 4.71. The molecule has 0 saturated carbocycles. The number of carbonyl (C=O) groups excluding carboxylic acids is 1. The summed E-state index contributed by atoms with van der Waals surface area (Å²) in [7, 11) is 0. The lowest BCUT2D eigenvalue weighted by atomic mass is 10.2. The normalized spacial score (nSPS) is 18.2. The first-order chi connectivity index (χ1) is 16.5. The van der Waals surface area contributed by atoms with Crippen molar-refractivity contribution in [2.75, 3.05) is 57.3 Å². The van der Waals surface area contributed by atoms with Gasteiger partial charge in [-0.25, -0.2) is 4.79 Å². The van der Waals surface area contributed by atoms with E-state index < -0.39 is 5.76 Å². The molecule has 9 heteroatoms. The molecule has 0 atom stereocenters. The zero-order valence-electron chi connectivity index (χ0n) is 19.9. The summed E-state index contributed by atoms with van der Waals surface area (Å²) in [6.07, 6.45) is 1.72. The number of fused-ring (bicyclic) bond motifs is 1. The standard InChI is InChI=1S/C25H32N6O3/c1-18(2)29-12-14-31(15-13-29)24(32)19-6-7-20(26-16-19)17-28-8-10-30(11-9-28)22-5-3-4-21-23(22)34-25(33)27-21/h3-7,16,18H,8-15,17H2,1-2H3,(H,27,33). The number of H-pyrrole nitrogens is 1. The summed E-state index contributed by atoms with van der Waals surface area (Å²) < 4.78 is 5.35. The molecule has 2 aromatic heterocycles. The summed E-state index contributed by atoms with van der Waals surface area (Å²) >= 11 is 0. The zero-order valence-corrected chi connectivity index (χ0v) is 19.9. The van der Waals surface area contributed by atoms with Gasteiger partial charge in [0.25, 0.3) is 5.91 Å². The largest absolute Gasteiger partial charge is 0.417 e. The number of anilines is 1. The molecule has 9 nitrogen and oxygen atoms in total. The Kier molecular flexibility index (Phi) is 6.38. The molecule has 0 bridgehead atoms. The van der Waals surface area contributed by atoms with Crippen LogP contribution in [0.1, 0.15) is 29.9 Å². The van der Waals surface area contributed by atoms with E-state index in [9.17, 15) is 9.59 Å². The molecule has 1 amide bonds. The van der Waals surface area contributed by atoms with E-state index in [1.165, 1.54) is 0 Å². The van der Waals surface area contributed by atoms with Crippen molar-refractivity contribution in [2.24, 2.45) is 0 Å². The SMILES string of the molecule is CC(C)N1CCN(C(=O)c2ccc(CN3CCN(c4cccc5[nH]c(=O)oc45)CC3)nc2)CC1. The lowest BCUT2D eigenvalue weighted by Crippen LogP contribution is -2.50. The van der Waals surface area contributed by atoms with Crippen LogP contribution in [0.3, 0.4) is 0 Å². The van der Waals surface area contributed by atoms with Crippen LogP contribution in [-0.2, 0) is 6.54 Å². The molecule has 3 aromatic rings. The highest BCUT2D eigenvalue weighted by Gasteiger charge is 2.24. The maximum absolute atomic E-state index is 12.9. The Balaban J connectivity index is 1.15. The van der Waals surface area contributed by atoms with Gasteiger partial charge in [-0.2, -0.15) is 0 Å². The molecule has 2 aliphatic heterocycles. The van der Waals surface area contributed by atoms with E-state index in [2.05, 4.69) is 38.5 Å². The molecule has 2 aliphatic rings. The minimum Gasteiger partial charge on any atom is -0.406 e. The van der Waals surface area contributed by atoms with Crippen molar-refractivity contribution in [3.8, 4) is 0 Å². The Morgan fingerprint density at radius 2 is 1.79 bits per heavy atom. The van der Waals surface area contributed by atoms with Gasteiger partial charge in [-0.3, -0.25) is 24.6 Å². The van der Waals surface area contributed by atoms with E-state index in [1.54, 1.807) is 6.20 Å². The summed E-state index contributed by atoms with van der Waals surface area (Å²) in [4.78, 5) is 40.7. The Morgan fingerprint density at radius 3 is 2.47 bits per heavy atom. The van der Waals surface area contributed by atoms with Crippen LogP contribution >= 0.6 is 0 Å². The van der Waals surface area contributed by atoms with E-state index in [4.69, 9.17) is 4.42 Å². The average Bonchev–Trinajstić information content (AvgIpc) is 3.25. The van der Waals surface area contributed by atoms with Crippen LogP contribution in [-0.4, -0.2) is 89.0 Å². The molecule has 2 fully saturated rings. The summed E-state index contributed by atoms with van der Waals surface area (Å²) in [5.41, 5.74) is 3.92. The number of para-hydroxylation sites is 1. The number of piperazine rings is 2. The summed E-state index contributed by atoms with van der Waals surface area (Å²) in [5.74, 6) is -0.353. The number of hydrogen-bond donors (Lipinski definition) is 1. The van der Waals surface area contributed by atoms with Crippen molar-refractivity contribution in [1.82, 2.24) is 24.7 Å². The summed E-state index contributed by atoms with van der Waals surface area (Å²) in [5, 5.41) is 0. The van der Waals surface area contributed by atoms with Gasteiger partial charge < -0.3 is 14.2 Å². The van der Waals surface area contributed by atoms with E-state index in [0.29, 0.717) is 17.2 Å². The number of nitrogens with one attached hydrogen (secondary N) is 1. The van der Waals surface area contributed by atoms with Crippen molar-refractivity contribution in [1.29, 1.82) is 0 Å². The first-order valence-corrected chi connectivity index (χ1v) is 12.1. The molecular formula is C25H32N6O3. The molecule has 0 radical (unpaired) electrons.